The molecule has 5 nitrogen and oxygen atoms in total. The van der Waals surface area contributed by atoms with Gasteiger partial charge in [0.2, 0.25) is 0 Å². The molecule has 0 aliphatic heterocycles. The summed E-state index contributed by atoms with van der Waals surface area (Å²) in [7, 11) is 0.378. The van der Waals surface area contributed by atoms with Crippen molar-refractivity contribution < 1.29 is 13.8 Å². The summed E-state index contributed by atoms with van der Waals surface area (Å²) < 4.78 is 10.5. The standard InChI is InChI=1S/C7H14N2O3S/c1-7(2,13(4)11)5-9-12-6(10)8-3/h5H,1-4H3,(H,8,10)/b9-5+/i3+1,6+1. The largest absolute Gasteiger partial charge is 0.433 e. The van der Waals surface area contributed by atoms with Crippen molar-refractivity contribution in [2.24, 2.45) is 5.16 Å². The topological polar surface area (TPSA) is 67.8 Å². The van der Waals surface area contributed by atoms with Gasteiger partial charge in [-0.25, -0.2) is 4.79 Å². The minimum atomic E-state index is -1.05. The van der Waals surface area contributed by atoms with Crippen LogP contribution < -0.4 is 5.32 Å². The molecule has 1 unspecified atom stereocenters. The van der Waals surface area contributed by atoms with E-state index in [-0.39, 0.29) is 0 Å². The van der Waals surface area contributed by atoms with Crippen LogP contribution in [0.15, 0.2) is 5.16 Å². The van der Waals surface area contributed by atoms with Crippen LogP contribution in [0, 0.1) is 0 Å². The number of amides is 1. The lowest BCUT2D eigenvalue weighted by molar-refractivity contribution is 0.153. The summed E-state index contributed by atoms with van der Waals surface area (Å²) in [6.45, 7) is 3.47. The summed E-state index contributed by atoms with van der Waals surface area (Å²) in [5.41, 5.74) is 0. The number of hydrogen-bond acceptors (Lipinski definition) is 4. The maximum absolute atomic E-state index is 11.1. The highest BCUT2D eigenvalue weighted by atomic mass is 32.2. The molecule has 1 atom stereocenters. The third kappa shape index (κ3) is 4.62. The van der Waals surface area contributed by atoms with Crippen molar-refractivity contribution in [1.29, 1.82) is 0 Å². The van der Waals surface area contributed by atoms with Gasteiger partial charge < -0.3 is 5.32 Å². The molecule has 0 aromatic carbocycles. The Labute approximate surface area is 80.0 Å². The van der Waals surface area contributed by atoms with Crippen molar-refractivity contribution in [2.45, 2.75) is 18.6 Å². The van der Waals surface area contributed by atoms with Crippen LogP contribution in [0.25, 0.3) is 0 Å². The Kier molecular flexibility index (Phi) is 4.61. The minimum Gasteiger partial charge on any atom is -0.323 e. The van der Waals surface area contributed by atoms with Gasteiger partial charge in [0.05, 0.1) is 11.0 Å². The molecule has 0 aliphatic carbocycles. The van der Waals surface area contributed by atoms with Crippen molar-refractivity contribution in [3.8, 4) is 0 Å². The van der Waals surface area contributed by atoms with Gasteiger partial charge in [-0.1, -0.05) is 5.16 Å². The first kappa shape index (κ1) is 12.1. The van der Waals surface area contributed by atoms with Gasteiger partial charge in [-0.05, 0) is 13.8 Å². The molecule has 0 fully saturated rings. The first-order chi connectivity index (χ1) is 5.90. The summed E-state index contributed by atoms with van der Waals surface area (Å²) in [4.78, 5) is 14.9. The first-order valence-corrected chi connectivity index (χ1v) is 5.22. The Hall–Kier alpha value is -0.910. The Balaban J connectivity index is 4.12. The molecule has 0 aromatic heterocycles. The summed E-state index contributed by atoms with van der Waals surface area (Å²) in [5.74, 6) is 0. The second kappa shape index (κ2) is 4.96. The minimum absolute atomic E-state index is 0.589. The number of nitrogens with one attached hydrogen (secondary N) is 1. The van der Waals surface area contributed by atoms with Crippen molar-refractivity contribution in [3.05, 3.63) is 0 Å². The lowest BCUT2D eigenvalue weighted by Gasteiger charge is -2.13. The number of rotatable bonds is 3. The van der Waals surface area contributed by atoms with Crippen LogP contribution >= 0.6 is 0 Å². The number of carbonyl (C=O) groups excluding carboxylic acids is 1. The highest BCUT2D eigenvalue weighted by Crippen LogP contribution is 2.07. The van der Waals surface area contributed by atoms with Gasteiger partial charge in [0.25, 0.3) is 0 Å². The van der Waals surface area contributed by atoms with E-state index in [2.05, 4.69) is 15.3 Å². The molecular formula is C7H14N2O3S. The molecule has 0 bridgehead atoms. The zero-order valence-electron chi connectivity index (χ0n) is 8.16. The Morgan fingerprint density at radius 1 is 1.62 bits per heavy atom. The third-order valence-electron chi connectivity index (χ3n) is 1.44. The van der Waals surface area contributed by atoms with E-state index < -0.39 is 21.6 Å². The molecule has 6 heteroatoms. The molecule has 0 aliphatic rings. The van der Waals surface area contributed by atoms with Crippen molar-refractivity contribution in [2.75, 3.05) is 13.3 Å². The molecule has 0 spiro atoms. The van der Waals surface area contributed by atoms with E-state index >= 15 is 0 Å². The quantitative estimate of drug-likeness (QED) is 0.317. The van der Waals surface area contributed by atoms with Crippen molar-refractivity contribution in [1.82, 2.24) is 5.32 Å². The summed E-state index contributed by atoms with van der Waals surface area (Å²) in [6.07, 6.45) is 2.26. The molecule has 1 amide bonds. The van der Waals surface area contributed by atoms with Crippen LogP contribution in [0.2, 0.25) is 0 Å². The molecule has 0 rings (SSSR count). The molecule has 76 valence electrons. The van der Waals surface area contributed by atoms with Gasteiger partial charge in [0.15, 0.2) is 0 Å². The van der Waals surface area contributed by atoms with Gasteiger partial charge in [-0.2, -0.15) is 0 Å². The fraction of sp³-hybridized carbons (Fsp3) is 0.714. The van der Waals surface area contributed by atoms with Crippen LogP contribution in [0.3, 0.4) is 0 Å². The maximum Gasteiger partial charge on any atom is 0.433 e. The number of oxime groups is 1. The monoisotopic (exact) mass is 208 g/mol. The van der Waals surface area contributed by atoms with Crippen LogP contribution in [0.1, 0.15) is 13.8 Å². The van der Waals surface area contributed by atoms with Crippen molar-refractivity contribution in [3.63, 3.8) is 0 Å². The highest BCUT2D eigenvalue weighted by molar-refractivity contribution is 7.86. The molecule has 0 heterocycles. The number of nitrogens with zero attached hydrogens (tertiary/aromatic N) is 1. The Morgan fingerprint density at radius 3 is 2.54 bits per heavy atom. The normalized spacial score (nSPS) is 14.2. The van der Waals surface area contributed by atoms with Gasteiger partial charge in [0.1, 0.15) is 0 Å². The summed E-state index contributed by atoms with van der Waals surface area (Å²) in [6, 6.07) is 0. The van der Waals surface area contributed by atoms with E-state index in [4.69, 9.17) is 0 Å². The lowest BCUT2D eigenvalue weighted by atomic mass is 10.2. The van der Waals surface area contributed by atoms with Gasteiger partial charge in [0, 0.05) is 24.1 Å². The van der Waals surface area contributed by atoms with Crippen molar-refractivity contribution >= 4 is 23.1 Å². The van der Waals surface area contributed by atoms with E-state index in [0.29, 0.717) is 0 Å². The molecule has 1 N–H and O–H groups in total. The van der Waals surface area contributed by atoms with Crippen LogP contribution in [0.4, 0.5) is 4.79 Å². The predicted molar refractivity (Wildman–Crippen MR) is 52.2 cm³/mol. The molecule has 0 saturated heterocycles. The van der Waals surface area contributed by atoms with Gasteiger partial charge >= 0.3 is 6.09 Å². The zero-order valence-corrected chi connectivity index (χ0v) is 8.97. The van der Waals surface area contributed by atoms with Crippen LogP contribution in [-0.2, 0) is 15.6 Å². The van der Waals surface area contributed by atoms with E-state index in [1.54, 1.807) is 20.1 Å². The number of carbonyl (C=O) groups is 1. The second-order valence-electron chi connectivity index (χ2n) is 2.92. The lowest BCUT2D eigenvalue weighted by Crippen LogP contribution is -2.28. The number of hydrogen-bond donors (Lipinski definition) is 1. The third-order valence-corrected chi connectivity index (χ3v) is 3.03. The smallest absolute Gasteiger partial charge is 0.323 e. The van der Waals surface area contributed by atoms with E-state index in [1.807, 2.05) is 0 Å². The fourth-order valence-electron chi connectivity index (χ4n) is 0.321. The van der Waals surface area contributed by atoms with E-state index in [1.165, 1.54) is 13.3 Å². The molecule has 0 saturated carbocycles. The SMILES string of the molecule is CS(=O)C(C)(C)/C=N/O[13C](=O)N[13CH3]. The van der Waals surface area contributed by atoms with E-state index in [0.717, 1.165) is 0 Å². The van der Waals surface area contributed by atoms with Gasteiger partial charge in [-0.3, -0.25) is 9.05 Å². The summed E-state index contributed by atoms with van der Waals surface area (Å²) >= 11 is 0. The first-order valence-electron chi connectivity index (χ1n) is 3.67. The average molecular weight is 208 g/mol. The van der Waals surface area contributed by atoms with Gasteiger partial charge in [-0.15, -0.1) is 0 Å². The zero-order chi connectivity index (χ0) is 10.5. The second-order valence-corrected chi connectivity index (χ2v) is 4.88. The Morgan fingerprint density at radius 2 is 2.15 bits per heavy atom. The maximum atomic E-state index is 11.1. The molecule has 0 aromatic rings. The van der Waals surface area contributed by atoms with E-state index in [9.17, 15) is 9.00 Å². The average Bonchev–Trinajstić information content (AvgIpc) is 2.03. The molecule has 0 radical (unpaired) electrons. The fourth-order valence-corrected chi connectivity index (χ4v) is 0.512. The highest BCUT2D eigenvalue weighted by Gasteiger charge is 2.20. The molecular weight excluding hydrogens is 194 g/mol. The Bertz CT molecular complexity index is 238. The van der Waals surface area contributed by atoms with Crippen LogP contribution in [0.5, 0.6) is 0 Å². The summed E-state index contributed by atoms with van der Waals surface area (Å²) in [5, 5.41) is 5.63. The van der Waals surface area contributed by atoms with Crippen LogP contribution in [-0.4, -0.2) is 34.6 Å². The predicted octanol–water partition coefficient (Wildman–Crippen LogP) is 0.485. The molecule has 13 heavy (non-hydrogen) atoms.